The average molecular weight is 502 g/mol. The fraction of sp³-hybridized carbons (Fsp3) is 0.893. The quantitative estimate of drug-likeness (QED) is 0.327. The van der Waals surface area contributed by atoms with E-state index in [1.54, 1.807) is 0 Å². The number of carbonyl (C=O) groups excluding carboxylic acids is 1. The molecule has 0 aromatic carbocycles. The van der Waals surface area contributed by atoms with Crippen LogP contribution in [0, 0.1) is 23.2 Å². The fourth-order valence-corrected chi connectivity index (χ4v) is 6.31. The molecular formula is C28H51N7O. The first-order valence-electron chi connectivity index (χ1n) is 14.7. The summed E-state index contributed by atoms with van der Waals surface area (Å²) in [5.41, 5.74) is 7.68. The highest BCUT2D eigenvalue weighted by atomic mass is 16.2. The highest BCUT2D eigenvalue weighted by molar-refractivity contribution is 5.89. The van der Waals surface area contributed by atoms with Crippen molar-refractivity contribution >= 4 is 11.6 Å². The Balaban J connectivity index is 1.70. The lowest BCUT2D eigenvalue weighted by molar-refractivity contribution is -0.128. The van der Waals surface area contributed by atoms with Gasteiger partial charge in [-0.1, -0.05) is 46.0 Å². The summed E-state index contributed by atoms with van der Waals surface area (Å²) >= 11 is 0. The molecule has 3 rings (SSSR count). The number of piperidine rings is 1. The zero-order valence-corrected chi connectivity index (χ0v) is 22.8. The number of likely N-dealkylation sites (tertiary alicyclic amines) is 1. The van der Waals surface area contributed by atoms with Gasteiger partial charge in [0, 0.05) is 37.2 Å². The molecule has 6 atom stereocenters. The van der Waals surface area contributed by atoms with Crippen molar-refractivity contribution in [1.29, 1.82) is 5.26 Å². The molecule has 6 unspecified atom stereocenters. The summed E-state index contributed by atoms with van der Waals surface area (Å²) in [6, 6.07) is 2.78. The van der Waals surface area contributed by atoms with Gasteiger partial charge in [0.2, 0.25) is 5.91 Å². The van der Waals surface area contributed by atoms with E-state index in [2.05, 4.69) is 40.8 Å². The van der Waals surface area contributed by atoms with E-state index in [-0.39, 0.29) is 18.0 Å². The van der Waals surface area contributed by atoms with Crippen molar-refractivity contribution in [2.75, 3.05) is 32.7 Å². The number of nitrogens with one attached hydrogen (secondary N) is 3. The number of unbranched alkanes of at least 4 members (excludes halogenated alkanes) is 1. The van der Waals surface area contributed by atoms with Crippen molar-refractivity contribution in [3.05, 3.63) is 0 Å². The summed E-state index contributed by atoms with van der Waals surface area (Å²) in [7, 11) is 0. The summed E-state index contributed by atoms with van der Waals surface area (Å²) in [6.45, 7) is 9.16. The van der Waals surface area contributed by atoms with Crippen LogP contribution >= 0.6 is 0 Å². The van der Waals surface area contributed by atoms with Crippen LogP contribution in [0.15, 0.2) is 4.99 Å². The minimum atomic E-state index is -0.531. The number of hydrogen-bond acceptors (Lipinski definition) is 7. The molecule has 3 aliphatic rings. The van der Waals surface area contributed by atoms with Gasteiger partial charge in [-0.3, -0.25) is 14.7 Å². The summed E-state index contributed by atoms with van der Waals surface area (Å²) in [5.74, 6) is -0.0669. The molecule has 0 radical (unpaired) electrons. The third-order valence-electron chi connectivity index (χ3n) is 8.33. The average Bonchev–Trinajstić information content (AvgIpc) is 3.15. The van der Waals surface area contributed by atoms with E-state index in [0.29, 0.717) is 18.4 Å². The van der Waals surface area contributed by atoms with Crippen molar-refractivity contribution in [1.82, 2.24) is 20.9 Å². The first-order valence-corrected chi connectivity index (χ1v) is 14.7. The molecular weight excluding hydrogens is 450 g/mol. The Bertz CT molecular complexity index is 728. The van der Waals surface area contributed by atoms with Gasteiger partial charge in [-0.25, -0.2) is 0 Å². The molecule has 8 heteroatoms. The molecule has 0 saturated carbocycles. The Labute approximate surface area is 219 Å². The molecule has 204 valence electrons. The van der Waals surface area contributed by atoms with E-state index in [1.165, 1.54) is 25.7 Å². The monoisotopic (exact) mass is 501 g/mol. The molecule has 5 N–H and O–H groups in total. The predicted octanol–water partition coefficient (Wildman–Crippen LogP) is 2.93. The first kappa shape index (κ1) is 29.0. The number of amides is 1. The van der Waals surface area contributed by atoms with Crippen molar-refractivity contribution in [3.8, 4) is 6.07 Å². The summed E-state index contributed by atoms with van der Waals surface area (Å²) in [6.07, 6.45) is 12.2. The summed E-state index contributed by atoms with van der Waals surface area (Å²) < 4.78 is 0. The van der Waals surface area contributed by atoms with Gasteiger partial charge in [-0.15, -0.1) is 0 Å². The normalized spacial score (nSPS) is 30.6. The molecule has 2 saturated heterocycles. The number of rotatable bonds is 12. The predicted molar refractivity (Wildman–Crippen MR) is 147 cm³/mol. The lowest BCUT2D eigenvalue weighted by Crippen LogP contribution is -2.63. The lowest BCUT2D eigenvalue weighted by Gasteiger charge is -2.42. The van der Waals surface area contributed by atoms with Crippen molar-refractivity contribution in [2.24, 2.45) is 22.6 Å². The van der Waals surface area contributed by atoms with Crippen LogP contribution in [0.1, 0.15) is 90.9 Å². The first-order chi connectivity index (χ1) is 17.6. The van der Waals surface area contributed by atoms with Crippen LogP contribution in [0.5, 0.6) is 0 Å². The van der Waals surface area contributed by atoms with E-state index >= 15 is 0 Å². The van der Waals surface area contributed by atoms with Crippen LogP contribution < -0.4 is 21.7 Å². The van der Waals surface area contributed by atoms with Gasteiger partial charge < -0.3 is 21.7 Å². The van der Waals surface area contributed by atoms with Crippen LogP contribution in [-0.4, -0.2) is 73.5 Å². The van der Waals surface area contributed by atoms with E-state index in [1.807, 2.05) is 0 Å². The molecule has 0 spiro atoms. The van der Waals surface area contributed by atoms with Gasteiger partial charge in [0.05, 0.1) is 18.0 Å². The van der Waals surface area contributed by atoms with E-state index in [4.69, 9.17) is 10.7 Å². The minimum Gasteiger partial charge on any atom is -0.350 e. The van der Waals surface area contributed by atoms with Gasteiger partial charge in [0.15, 0.2) is 0 Å². The number of carbonyl (C=O) groups is 1. The molecule has 36 heavy (non-hydrogen) atoms. The second kappa shape index (κ2) is 15.7. The summed E-state index contributed by atoms with van der Waals surface area (Å²) in [5, 5.41) is 19.9. The minimum absolute atomic E-state index is 0.0261. The molecule has 0 aromatic rings. The van der Waals surface area contributed by atoms with E-state index in [9.17, 15) is 10.1 Å². The second-order valence-electron chi connectivity index (χ2n) is 11.2. The lowest BCUT2D eigenvalue weighted by atomic mass is 9.86. The molecule has 3 heterocycles. The Morgan fingerprint density at radius 3 is 2.69 bits per heavy atom. The van der Waals surface area contributed by atoms with Crippen molar-refractivity contribution < 1.29 is 4.79 Å². The van der Waals surface area contributed by atoms with Gasteiger partial charge in [-0.2, -0.15) is 5.26 Å². The Morgan fingerprint density at radius 2 is 2.00 bits per heavy atom. The van der Waals surface area contributed by atoms with E-state index < -0.39 is 12.1 Å². The zero-order chi connectivity index (χ0) is 25.8. The van der Waals surface area contributed by atoms with Crippen LogP contribution in [0.4, 0.5) is 0 Å². The molecule has 8 nitrogen and oxygen atoms in total. The third-order valence-corrected chi connectivity index (χ3v) is 8.33. The van der Waals surface area contributed by atoms with Crippen molar-refractivity contribution in [3.63, 3.8) is 0 Å². The molecule has 1 amide bonds. The smallest absolute Gasteiger partial charge is 0.228 e. The topological polar surface area (TPSA) is 119 Å². The maximum atomic E-state index is 13.8. The van der Waals surface area contributed by atoms with Crippen LogP contribution in [0.25, 0.3) is 0 Å². The highest BCUT2D eigenvalue weighted by Gasteiger charge is 2.40. The Hall–Kier alpha value is -1.53. The zero-order valence-electron chi connectivity index (χ0n) is 22.8. The van der Waals surface area contributed by atoms with Gasteiger partial charge in [0.1, 0.15) is 6.17 Å². The maximum Gasteiger partial charge on any atom is 0.228 e. The molecule has 2 fully saturated rings. The van der Waals surface area contributed by atoms with Gasteiger partial charge in [-0.05, 0) is 64.2 Å². The Kier molecular flexibility index (Phi) is 12.6. The highest BCUT2D eigenvalue weighted by Crippen LogP contribution is 2.24. The van der Waals surface area contributed by atoms with Crippen molar-refractivity contribution in [2.45, 2.75) is 115 Å². The van der Waals surface area contributed by atoms with E-state index in [0.717, 1.165) is 83.4 Å². The second-order valence-corrected chi connectivity index (χ2v) is 11.2. The fourth-order valence-electron chi connectivity index (χ4n) is 6.31. The summed E-state index contributed by atoms with van der Waals surface area (Å²) in [4.78, 5) is 21.2. The van der Waals surface area contributed by atoms with Crippen LogP contribution in [0.2, 0.25) is 0 Å². The van der Waals surface area contributed by atoms with Gasteiger partial charge >= 0.3 is 0 Å². The molecule has 0 aliphatic carbocycles. The number of hydrogen-bond donors (Lipinski definition) is 4. The van der Waals surface area contributed by atoms with Gasteiger partial charge in [0.25, 0.3) is 0 Å². The molecule has 0 bridgehead atoms. The SMILES string of the molecule is CCCCC(CC#N)CNC1CC(CCC)=NC(N)C1C(=O)NC1CNCCC1N1CCCCCC1. The number of nitrogens with two attached hydrogens (primary N) is 1. The number of nitriles is 1. The number of nitrogens with zero attached hydrogens (tertiary/aromatic N) is 3. The van der Waals surface area contributed by atoms with Crippen LogP contribution in [0.3, 0.4) is 0 Å². The van der Waals surface area contributed by atoms with Crippen LogP contribution in [-0.2, 0) is 4.79 Å². The molecule has 0 aromatic heterocycles. The molecule has 3 aliphatic heterocycles. The Morgan fingerprint density at radius 1 is 1.22 bits per heavy atom. The maximum absolute atomic E-state index is 13.8. The number of aliphatic imine (C=N–C) groups is 1. The largest absolute Gasteiger partial charge is 0.350 e. The third kappa shape index (κ3) is 8.51. The standard InChI is InChI=1S/C28H51N7O/c1-3-5-11-21(12-14-29)19-32-23-18-22(10-4-2)33-27(30)26(23)28(36)34-24-20-31-15-13-25(24)35-16-8-6-7-9-17-35/h21,23-27,31-32H,3-13,15-20,30H2,1-2H3,(H,34,36).